The molecule has 192 valence electrons. The van der Waals surface area contributed by atoms with Gasteiger partial charge in [-0.15, -0.1) is 0 Å². The first-order valence-corrected chi connectivity index (χ1v) is 13.2. The van der Waals surface area contributed by atoms with E-state index in [0.29, 0.717) is 34.7 Å². The number of carbonyl (C=O) groups is 2. The zero-order valence-corrected chi connectivity index (χ0v) is 22.7. The van der Waals surface area contributed by atoms with Crippen molar-refractivity contribution < 1.29 is 19.1 Å². The molecule has 4 aromatic rings. The minimum Gasteiger partial charge on any atom is -0.490 e. The Hall–Kier alpha value is -4.10. The van der Waals surface area contributed by atoms with Crippen LogP contribution >= 0.6 is 15.9 Å². The van der Waals surface area contributed by atoms with Crippen LogP contribution < -0.4 is 14.8 Å². The van der Waals surface area contributed by atoms with Crippen molar-refractivity contribution in [2.75, 3.05) is 6.61 Å². The number of aryl methyl sites for hydroxylation is 1. The number of hydrogen-bond donors (Lipinski definition) is 1. The molecule has 38 heavy (non-hydrogen) atoms. The molecular weight excluding hydrogens is 544 g/mol. The number of nitrogens with zero attached hydrogens (tertiary/aromatic N) is 1. The second-order valence-electron chi connectivity index (χ2n) is 9.10. The van der Waals surface area contributed by atoms with E-state index < -0.39 is 6.03 Å². The lowest BCUT2D eigenvalue weighted by molar-refractivity contribution is -0.123. The van der Waals surface area contributed by atoms with Gasteiger partial charge in [0.2, 0.25) is 0 Å². The molecule has 0 saturated carbocycles. The van der Waals surface area contributed by atoms with Crippen LogP contribution in [0.4, 0.5) is 4.79 Å². The Kier molecular flexibility index (Phi) is 7.47. The van der Waals surface area contributed by atoms with Crippen LogP contribution in [0.25, 0.3) is 16.8 Å². The molecule has 0 aromatic heterocycles. The molecule has 1 aliphatic rings. The van der Waals surface area contributed by atoms with E-state index in [2.05, 4.69) is 45.5 Å². The van der Waals surface area contributed by atoms with Gasteiger partial charge in [-0.05, 0) is 81.5 Å². The predicted octanol–water partition coefficient (Wildman–Crippen LogP) is 6.98. The van der Waals surface area contributed by atoms with Crippen molar-refractivity contribution in [2.45, 2.75) is 27.0 Å². The largest absolute Gasteiger partial charge is 0.490 e. The number of fused-ring (bicyclic) bond motifs is 1. The maximum atomic E-state index is 13.0. The number of hydrogen-bond acceptors (Lipinski definition) is 4. The van der Waals surface area contributed by atoms with Crippen molar-refractivity contribution >= 4 is 44.7 Å². The van der Waals surface area contributed by atoms with E-state index in [-0.39, 0.29) is 18.1 Å². The summed E-state index contributed by atoms with van der Waals surface area (Å²) >= 11 is 3.60. The number of rotatable bonds is 8. The third-order valence-electron chi connectivity index (χ3n) is 6.23. The summed E-state index contributed by atoms with van der Waals surface area (Å²) in [7, 11) is 0. The first kappa shape index (κ1) is 25.5. The van der Waals surface area contributed by atoms with Crippen LogP contribution in [-0.2, 0) is 17.9 Å². The Morgan fingerprint density at radius 3 is 2.50 bits per heavy atom. The van der Waals surface area contributed by atoms with Crippen LogP contribution in [0.1, 0.15) is 29.2 Å². The van der Waals surface area contributed by atoms with Gasteiger partial charge in [-0.2, -0.15) is 0 Å². The molecule has 0 unspecified atom stereocenters. The summed E-state index contributed by atoms with van der Waals surface area (Å²) < 4.78 is 12.7. The molecule has 5 rings (SSSR count). The van der Waals surface area contributed by atoms with Crippen LogP contribution in [-0.4, -0.2) is 23.4 Å². The van der Waals surface area contributed by atoms with Crippen molar-refractivity contribution in [3.63, 3.8) is 0 Å². The number of urea groups is 1. The molecule has 1 aliphatic heterocycles. The normalized spacial score (nSPS) is 14.3. The Labute approximate surface area is 230 Å². The van der Waals surface area contributed by atoms with Crippen molar-refractivity contribution in [2.24, 2.45) is 0 Å². The molecule has 6 nitrogen and oxygen atoms in total. The Morgan fingerprint density at radius 1 is 0.895 bits per heavy atom. The van der Waals surface area contributed by atoms with Gasteiger partial charge in [0.05, 0.1) is 17.6 Å². The minimum atomic E-state index is -0.442. The summed E-state index contributed by atoms with van der Waals surface area (Å²) in [6.07, 6.45) is 1.65. The van der Waals surface area contributed by atoms with Gasteiger partial charge >= 0.3 is 6.03 Å². The zero-order valence-electron chi connectivity index (χ0n) is 21.2. The lowest BCUT2D eigenvalue weighted by Crippen LogP contribution is -2.30. The fourth-order valence-corrected chi connectivity index (χ4v) is 5.01. The molecule has 0 bridgehead atoms. The zero-order chi connectivity index (χ0) is 26.6. The average Bonchev–Trinajstić information content (AvgIpc) is 3.15. The van der Waals surface area contributed by atoms with Crippen molar-refractivity contribution in [3.05, 3.63) is 111 Å². The Bertz CT molecular complexity index is 1560. The maximum Gasteiger partial charge on any atom is 0.329 e. The van der Waals surface area contributed by atoms with E-state index in [1.165, 1.54) is 10.3 Å². The van der Waals surface area contributed by atoms with Crippen LogP contribution in [0.2, 0.25) is 0 Å². The highest BCUT2D eigenvalue weighted by Crippen LogP contribution is 2.38. The first-order valence-electron chi connectivity index (χ1n) is 12.4. The van der Waals surface area contributed by atoms with Crippen LogP contribution in [0.3, 0.4) is 0 Å². The quantitative estimate of drug-likeness (QED) is 0.183. The van der Waals surface area contributed by atoms with Crippen molar-refractivity contribution in [3.8, 4) is 11.5 Å². The molecule has 1 fully saturated rings. The van der Waals surface area contributed by atoms with Gasteiger partial charge < -0.3 is 14.8 Å². The number of ether oxygens (including phenoxy) is 2. The molecule has 1 N–H and O–H groups in total. The molecule has 1 saturated heterocycles. The summed E-state index contributed by atoms with van der Waals surface area (Å²) in [5.74, 6) is 0.745. The standard InChI is InChI=1S/C31H27BrN2O4/c1-3-37-28-17-23(16-27-30(35)34(31(36)33-27)18-21-8-6-7-20(2)13-21)15-26(32)29(28)38-19-22-11-12-24-9-4-5-10-25(24)14-22/h4-17H,3,18-19H2,1-2H3,(H,33,36)/b27-16+. The number of nitrogens with one attached hydrogen (secondary N) is 1. The van der Waals surface area contributed by atoms with E-state index in [0.717, 1.165) is 22.1 Å². The SMILES string of the molecule is CCOc1cc(/C=C2/NC(=O)N(Cc3cccc(C)c3)C2=O)cc(Br)c1OCc1ccc2ccccc2c1. The molecule has 0 spiro atoms. The smallest absolute Gasteiger partial charge is 0.329 e. The summed E-state index contributed by atoms with van der Waals surface area (Å²) in [5, 5.41) is 5.02. The Balaban J connectivity index is 1.36. The molecule has 4 aromatic carbocycles. The van der Waals surface area contributed by atoms with Gasteiger partial charge in [0.15, 0.2) is 11.5 Å². The summed E-state index contributed by atoms with van der Waals surface area (Å²) in [4.78, 5) is 26.8. The van der Waals surface area contributed by atoms with Gasteiger partial charge in [-0.25, -0.2) is 4.79 Å². The molecule has 1 heterocycles. The number of benzene rings is 4. The summed E-state index contributed by atoms with van der Waals surface area (Å²) in [6, 6.07) is 25.4. The fraction of sp³-hybridized carbons (Fsp3) is 0.161. The van der Waals surface area contributed by atoms with Crippen molar-refractivity contribution in [1.82, 2.24) is 10.2 Å². The predicted molar refractivity (Wildman–Crippen MR) is 152 cm³/mol. The number of carbonyl (C=O) groups excluding carboxylic acids is 2. The fourth-order valence-electron chi connectivity index (χ4n) is 4.43. The summed E-state index contributed by atoms with van der Waals surface area (Å²) in [6.45, 7) is 4.89. The molecule has 0 atom stereocenters. The van der Waals surface area contributed by atoms with Crippen molar-refractivity contribution in [1.29, 1.82) is 0 Å². The van der Waals surface area contributed by atoms with Gasteiger partial charge in [0.25, 0.3) is 5.91 Å². The molecule has 0 aliphatic carbocycles. The summed E-state index contributed by atoms with van der Waals surface area (Å²) in [5.41, 5.74) is 3.91. The third-order valence-corrected chi connectivity index (χ3v) is 6.81. The molecule has 7 heteroatoms. The van der Waals surface area contributed by atoms with E-state index in [4.69, 9.17) is 9.47 Å². The van der Waals surface area contributed by atoms with Crippen LogP contribution in [0.15, 0.2) is 89.0 Å². The first-order chi connectivity index (χ1) is 18.4. The molecular formula is C31H27BrN2O4. The highest BCUT2D eigenvalue weighted by atomic mass is 79.9. The van der Waals surface area contributed by atoms with Gasteiger partial charge in [-0.1, -0.05) is 66.2 Å². The van der Waals surface area contributed by atoms with E-state index in [9.17, 15) is 9.59 Å². The van der Waals surface area contributed by atoms with Crippen LogP contribution in [0, 0.1) is 6.92 Å². The highest BCUT2D eigenvalue weighted by molar-refractivity contribution is 9.10. The maximum absolute atomic E-state index is 13.0. The number of halogens is 1. The average molecular weight is 571 g/mol. The minimum absolute atomic E-state index is 0.207. The lowest BCUT2D eigenvalue weighted by atomic mass is 10.1. The highest BCUT2D eigenvalue weighted by Gasteiger charge is 2.33. The lowest BCUT2D eigenvalue weighted by Gasteiger charge is -2.15. The topological polar surface area (TPSA) is 67.9 Å². The van der Waals surface area contributed by atoms with Crippen LogP contribution in [0.5, 0.6) is 11.5 Å². The molecule has 3 amide bonds. The van der Waals surface area contributed by atoms with Gasteiger partial charge in [0.1, 0.15) is 12.3 Å². The van der Waals surface area contributed by atoms with Gasteiger partial charge in [-0.3, -0.25) is 9.69 Å². The molecule has 0 radical (unpaired) electrons. The van der Waals surface area contributed by atoms with Gasteiger partial charge in [0, 0.05) is 0 Å². The van der Waals surface area contributed by atoms with E-state index >= 15 is 0 Å². The third kappa shape index (κ3) is 5.58. The number of imide groups is 1. The number of amides is 3. The Morgan fingerprint density at radius 2 is 1.71 bits per heavy atom. The second kappa shape index (κ2) is 11.1. The van der Waals surface area contributed by atoms with E-state index in [1.807, 2.05) is 62.4 Å². The van der Waals surface area contributed by atoms with E-state index in [1.54, 1.807) is 12.1 Å². The monoisotopic (exact) mass is 570 g/mol. The second-order valence-corrected chi connectivity index (χ2v) is 9.96.